The lowest BCUT2D eigenvalue weighted by molar-refractivity contribution is -0.140. The van der Waals surface area contributed by atoms with Crippen LogP contribution in [0.25, 0.3) is 10.9 Å². The summed E-state index contributed by atoms with van der Waals surface area (Å²) in [7, 11) is -2.51. The number of anilines is 1. The summed E-state index contributed by atoms with van der Waals surface area (Å²) in [6.07, 6.45) is 0. The first-order chi connectivity index (χ1) is 15.9. The van der Waals surface area contributed by atoms with Crippen molar-refractivity contribution in [2.24, 2.45) is 13.0 Å². The molecule has 1 heterocycles. The number of benzene rings is 2. The van der Waals surface area contributed by atoms with Gasteiger partial charge in [0, 0.05) is 30.2 Å². The Morgan fingerprint density at radius 3 is 2.35 bits per heavy atom. The molecule has 180 valence electrons. The summed E-state index contributed by atoms with van der Waals surface area (Å²) in [6, 6.07) is 9.07. The summed E-state index contributed by atoms with van der Waals surface area (Å²) in [5.41, 5.74) is 1.34. The Morgan fingerprint density at radius 1 is 1.09 bits per heavy atom. The third kappa shape index (κ3) is 5.44. The topological polar surface area (TPSA) is 147 Å². The number of halogens is 2. The number of carbonyl (C=O) groups is 3. The van der Waals surface area contributed by atoms with E-state index < -0.39 is 33.8 Å². The smallest absolute Gasteiger partial charge is 0.328 e. The van der Waals surface area contributed by atoms with Crippen LogP contribution in [0.4, 0.5) is 10.5 Å². The van der Waals surface area contributed by atoms with Crippen LogP contribution >= 0.6 is 23.2 Å². The van der Waals surface area contributed by atoms with Crippen molar-refractivity contribution >= 4 is 67.7 Å². The number of carboxylic acids is 1. The third-order valence-electron chi connectivity index (χ3n) is 4.99. The molecular formula is C21H20Cl2N4O6S. The Labute approximate surface area is 204 Å². The van der Waals surface area contributed by atoms with E-state index in [0.717, 1.165) is 0 Å². The minimum Gasteiger partial charge on any atom is -0.481 e. The van der Waals surface area contributed by atoms with Gasteiger partial charge in [0.15, 0.2) is 0 Å². The molecule has 0 bridgehead atoms. The zero-order chi connectivity index (χ0) is 25.2. The fourth-order valence-electron chi connectivity index (χ4n) is 3.03. The number of aryl methyl sites for hydroxylation is 1. The van der Waals surface area contributed by atoms with E-state index in [1.807, 2.05) is 0 Å². The van der Waals surface area contributed by atoms with E-state index in [-0.39, 0.29) is 11.4 Å². The SMILES string of the molecule is CC(CNC(=O)NS(=O)(=O)c1ccc(NC(=O)c2cc3c(Cl)c(Cl)ccc3n2C)cc1)C(=O)O. The predicted octanol–water partition coefficient (Wildman–Crippen LogP) is 3.45. The number of aromatic nitrogens is 1. The molecule has 2 aromatic carbocycles. The number of nitrogens with one attached hydrogen (secondary N) is 3. The second-order valence-electron chi connectivity index (χ2n) is 7.42. The van der Waals surface area contributed by atoms with E-state index in [9.17, 15) is 22.8 Å². The minimum absolute atomic E-state index is 0.224. The number of hydrogen-bond donors (Lipinski definition) is 4. The number of amides is 3. The number of carboxylic acid groups (broad SMARTS) is 1. The van der Waals surface area contributed by atoms with Crippen molar-refractivity contribution in [3.63, 3.8) is 0 Å². The average Bonchev–Trinajstić information content (AvgIpc) is 3.11. The number of sulfonamides is 1. The number of hydrogen-bond acceptors (Lipinski definition) is 5. The lowest BCUT2D eigenvalue weighted by Crippen LogP contribution is -2.42. The second-order valence-corrected chi connectivity index (χ2v) is 9.88. The Hall–Kier alpha value is -3.28. The molecule has 0 aliphatic rings. The summed E-state index contributed by atoms with van der Waals surface area (Å²) in [6.45, 7) is 1.12. The monoisotopic (exact) mass is 526 g/mol. The quantitative estimate of drug-likeness (QED) is 0.370. The predicted molar refractivity (Wildman–Crippen MR) is 128 cm³/mol. The van der Waals surface area contributed by atoms with Crippen molar-refractivity contribution in [1.29, 1.82) is 0 Å². The highest BCUT2D eigenvalue weighted by molar-refractivity contribution is 7.90. The molecule has 1 aromatic heterocycles. The molecule has 1 atom stereocenters. The van der Waals surface area contributed by atoms with Crippen molar-refractivity contribution < 1.29 is 27.9 Å². The van der Waals surface area contributed by atoms with Gasteiger partial charge in [0.05, 0.1) is 20.9 Å². The van der Waals surface area contributed by atoms with Gasteiger partial charge < -0.3 is 20.3 Å². The van der Waals surface area contributed by atoms with Gasteiger partial charge in [-0.2, -0.15) is 0 Å². The maximum absolute atomic E-state index is 12.8. The van der Waals surface area contributed by atoms with E-state index >= 15 is 0 Å². The van der Waals surface area contributed by atoms with Crippen molar-refractivity contribution in [1.82, 2.24) is 14.6 Å². The van der Waals surface area contributed by atoms with E-state index in [0.29, 0.717) is 32.3 Å². The van der Waals surface area contributed by atoms with Crippen LogP contribution in [-0.4, -0.2) is 42.5 Å². The molecule has 3 amide bonds. The number of urea groups is 1. The van der Waals surface area contributed by atoms with Crippen LogP contribution in [0.3, 0.4) is 0 Å². The maximum atomic E-state index is 12.8. The highest BCUT2D eigenvalue weighted by atomic mass is 35.5. The van der Waals surface area contributed by atoms with Crippen LogP contribution in [0.15, 0.2) is 47.4 Å². The molecule has 1 unspecified atom stereocenters. The normalized spacial score (nSPS) is 12.2. The van der Waals surface area contributed by atoms with Gasteiger partial charge >= 0.3 is 12.0 Å². The van der Waals surface area contributed by atoms with Gasteiger partial charge in [0.1, 0.15) is 5.69 Å². The van der Waals surface area contributed by atoms with Crippen LogP contribution in [0.5, 0.6) is 0 Å². The molecule has 0 saturated carbocycles. The Kier molecular flexibility index (Phi) is 7.39. The maximum Gasteiger partial charge on any atom is 0.328 e. The van der Waals surface area contributed by atoms with Crippen LogP contribution in [0.2, 0.25) is 10.0 Å². The van der Waals surface area contributed by atoms with Crippen LogP contribution in [0.1, 0.15) is 17.4 Å². The largest absolute Gasteiger partial charge is 0.481 e. The molecule has 34 heavy (non-hydrogen) atoms. The number of aliphatic carboxylic acids is 1. The Balaban J connectivity index is 1.70. The molecule has 4 N–H and O–H groups in total. The first-order valence-electron chi connectivity index (χ1n) is 9.79. The van der Waals surface area contributed by atoms with Gasteiger partial charge in [-0.05, 0) is 42.5 Å². The number of rotatable bonds is 7. The van der Waals surface area contributed by atoms with Gasteiger partial charge in [-0.25, -0.2) is 17.9 Å². The highest BCUT2D eigenvalue weighted by Crippen LogP contribution is 2.32. The van der Waals surface area contributed by atoms with Crippen LogP contribution in [-0.2, 0) is 21.9 Å². The van der Waals surface area contributed by atoms with Crippen molar-refractivity contribution in [3.8, 4) is 0 Å². The standard InChI is InChI=1S/C21H20Cl2N4O6S/c1-11(20(29)30)10-24-21(31)26-34(32,33)13-5-3-12(4-6-13)25-19(28)17-9-14-16(27(17)2)8-7-15(22)18(14)23/h3-9,11H,10H2,1-2H3,(H,25,28)(H,29,30)(H2,24,26,31). The van der Waals surface area contributed by atoms with Gasteiger partial charge in [-0.15, -0.1) is 0 Å². The van der Waals surface area contributed by atoms with Crippen LogP contribution < -0.4 is 15.4 Å². The summed E-state index contributed by atoms with van der Waals surface area (Å²) in [5.74, 6) is -2.46. The van der Waals surface area contributed by atoms with E-state index in [2.05, 4.69) is 10.6 Å². The lowest BCUT2D eigenvalue weighted by atomic mass is 10.2. The summed E-state index contributed by atoms with van der Waals surface area (Å²) < 4.78 is 28.2. The highest BCUT2D eigenvalue weighted by Gasteiger charge is 2.20. The van der Waals surface area contributed by atoms with E-state index in [1.165, 1.54) is 31.2 Å². The van der Waals surface area contributed by atoms with E-state index in [1.54, 1.807) is 34.5 Å². The molecule has 13 heteroatoms. The fraction of sp³-hybridized carbons (Fsp3) is 0.190. The zero-order valence-electron chi connectivity index (χ0n) is 17.9. The number of nitrogens with zero attached hydrogens (tertiary/aromatic N) is 1. The zero-order valence-corrected chi connectivity index (χ0v) is 20.3. The molecule has 0 radical (unpaired) electrons. The molecule has 0 spiro atoms. The molecule has 3 rings (SSSR count). The van der Waals surface area contributed by atoms with E-state index in [4.69, 9.17) is 28.3 Å². The fourth-order valence-corrected chi connectivity index (χ4v) is 4.34. The number of fused-ring (bicyclic) bond motifs is 1. The molecule has 0 fully saturated rings. The first-order valence-corrected chi connectivity index (χ1v) is 12.0. The van der Waals surface area contributed by atoms with Crippen LogP contribution in [0, 0.1) is 5.92 Å². The molecule has 0 saturated heterocycles. The minimum atomic E-state index is -4.21. The molecule has 10 nitrogen and oxygen atoms in total. The molecule has 3 aromatic rings. The van der Waals surface area contributed by atoms with Crippen molar-refractivity contribution in [2.45, 2.75) is 11.8 Å². The number of carbonyl (C=O) groups excluding carboxylic acids is 2. The molecular weight excluding hydrogens is 507 g/mol. The lowest BCUT2D eigenvalue weighted by Gasteiger charge is -2.11. The third-order valence-corrected chi connectivity index (χ3v) is 7.15. The molecule has 0 aliphatic carbocycles. The summed E-state index contributed by atoms with van der Waals surface area (Å²) in [4.78, 5) is 35.1. The summed E-state index contributed by atoms with van der Waals surface area (Å²) >= 11 is 12.3. The average molecular weight is 527 g/mol. The second kappa shape index (κ2) is 9.92. The Bertz CT molecular complexity index is 1390. The van der Waals surface area contributed by atoms with Gasteiger partial charge in [0.2, 0.25) is 0 Å². The van der Waals surface area contributed by atoms with Crippen molar-refractivity contribution in [2.75, 3.05) is 11.9 Å². The summed E-state index contributed by atoms with van der Waals surface area (Å²) in [5, 5.41) is 15.0. The molecule has 0 aliphatic heterocycles. The van der Waals surface area contributed by atoms with Gasteiger partial charge in [-0.3, -0.25) is 9.59 Å². The van der Waals surface area contributed by atoms with Gasteiger partial charge in [-0.1, -0.05) is 30.1 Å². The first kappa shape index (κ1) is 25.3. The Morgan fingerprint density at radius 2 is 1.74 bits per heavy atom. The van der Waals surface area contributed by atoms with Gasteiger partial charge in [0.25, 0.3) is 15.9 Å². The van der Waals surface area contributed by atoms with Crippen molar-refractivity contribution in [3.05, 3.63) is 58.2 Å².